The van der Waals surface area contributed by atoms with E-state index in [-0.39, 0.29) is 0 Å². The first-order valence-electron chi connectivity index (χ1n) is 5.46. The summed E-state index contributed by atoms with van der Waals surface area (Å²) in [5.41, 5.74) is 5.61. The first-order chi connectivity index (χ1) is 7.34. The summed E-state index contributed by atoms with van der Waals surface area (Å²) < 4.78 is 0. The van der Waals surface area contributed by atoms with Gasteiger partial charge in [-0.15, -0.1) is 0 Å². The van der Waals surface area contributed by atoms with Crippen molar-refractivity contribution < 1.29 is 0 Å². The summed E-state index contributed by atoms with van der Waals surface area (Å²) in [6, 6.07) is 5.68. The molecule has 0 bridgehead atoms. The lowest BCUT2D eigenvalue weighted by molar-refractivity contribution is 0.503. The second kappa shape index (κ2) is 4.82. The van der Waals surface area contributed by atoms with Crippen LogP contribution >= 0.6 is 0 Å². The number of nitrogens with two attached hydrogens (primary N) is 1. The average molecular weight is 203 g/mol. The number of aromatic nitrogens is 1. The summed E-state index contributed by atoms with van der Waals surface area (Å²) >= 11 is 0. The van der Waals surface area contributed by atoms with Crippen LogP contribution in [0.4, 0.5) is 11.6 Å². The second-order valence-electron chi connectivity index (χ2n) is 3.98. The predicted molar refractivity (Wildman–Crippen MR) is 63.6 cm³/mol. The molecule has 3 heteroatoms. The van der Waals surface area contributed by atoms with Crippen molar-refractivity contribution in [3.05, 3.63) is 30.4 Å². The summed E-state index contributed by atoms with van der Waals surface area (Å²) in [6.45, 7) is 0.987. The third-order valence-electron chi connectivity index (χ3n) is 2.72. The summed E-state index contributed by atoms with van der Waals surface area (Å²) in [5.74, 6) is 2.19. The zero-order chi connectivity index (χ0) is 10.5. The number of hydrogen-bond acceptors (Lipinski definition) is 3. The number of nitrogens with zero attached hydrogens (tertiary/aromatic N) is 1. The minimum absolute atomic E-state index is 0.573. The van der Waals surface area contributed by atoms with Crippen molar-refractivity contribution in [2.24, 2.45) is 5.92 Å². The number of nitrogen functional groups attached to an aromatic ring is 1. The Bertz CT molecular complexity index is 346. The van der Waals surface area contributed by atoms with Crippen LogP contribution in [0.5, 0.6) is 0 Å². The molecule has 3 N–H and O–H groups in total. The fourth-order valence-electron chi connectivity index (χ4n) is 1.84. The van der Waals surface area contributed by atoms with Gasteiger partial charge in [-0.25, -0.2) is 4.98 Å². The van der Waals surface area contributed by atoms with Crippen LogP contribution in [-0.4, -0.2) is 11.5 Å². The largest absolute Gasteiger partial charge is 0.384 e. The summed E-state index contributed by atoms with van der Waals surface area (Å²) in [4.78, 5) is 4.21. The number of nitrogens with one attached hydrogen (secondary N) is 1. The molecule has 1 aromatic heterocycles. The Hall–Kier alpha value is -1.51. The van der Waals surface area contributed by atoms with E-state index in [1.54, 1.807) is 6.07 Å². The van der Waals surface area contributed by atoms with Crippen LogP contribution in [0.2, 0.25) is 0 Å². The molecule has 0 amide bonds. The van der Waals surface area contributed by atoms with Gasteiger partial charge < -0.3 is 11.1 Å². The second-order valence-corrected chi connectivity index (χ2v) is 3.98. The molecule has 1 heterocycles. The summed E-state index contributed by atoms with van der Waals surface area (Å²) in [6.07, 6.45) is 8.18. The molecule has 0 aromatic carbocycles. The van der Waals surface area contributed by atoms with E-state index in [1.165, 1.54) is 19.3 Å². The number of rotatable bonds is 3. The maximum Gasteiger partial charge on any atom is 0.128 e. The molecular weight excluding hydrogens is 186 g/mol. The van der Waals surface area contributed by atoms with Crippen LogP contribution in [-0.2, 0) is 0 Å². The molecule has 1 aromatic rings. The van der Waals surface area contributed by atoms with Crippen LogP contribution in [0.25, 0.3) is 0 Å². The Balaban J connectivity index is 1.84. The van der Waals surface area contributed by atoms with Gasteiger partial charge in [-0.3, -0.25) is 0 Å². The van der Waals surface area contributed by atoms with Crippen LogP contribution in [0.15, 0.2) is 30.4 Å². The van der Waals surface area contributed by atoms with Crippen molar-refractivity contribution in [1.82, 2.24) is 4.98 Å². The first-order valence-corrected chi connectivity index (χ1v) is 5.46. The van der Waals surface area contributed by atoms with Crippen LogP contribution < -0.4 is 11.1 Å². The minimum Gasteiger partial charge on any atom is -0.384 e. The highest BCUT2D eigenvalue weighted by molar-refractivity contribution is 5.42. The molecule has 80 valence electrons. The monoisotopic (exact) mass is 203 g/mol. The lowest BCUT2D eigenvalue weighted by Crippen LogP contribution is -2.16. The van der Waals surface area contributed by atoms with Crippen LogP contribution in [0, 0.1) is 5.92 Å². The van der Waals surface area contributed by atoms with Gasteiger partial charge in [-0.1, -0.05) is 18.2 Å². The van der Waals surface area contributed by atoms with Crippen molar-refractivity contribution in [3.8, 4) is 0 Å². The Kier molecular flexibility index (Phi) is 3.22. The molecular formula is C12H17N3. The van der Waals surface area contributed by atoms with Crippen molar-refractivity contribution in [2.45, 2.75) is 19.3 Å². The maximum absolute atomic E-state index is 5.61. The van der Waals surface area contributed by atoms with Crippen molar-refractivity contribution in [1.29, 1.82) is 0 Å². The highest BCUT2D eigenvalue weighted by Gasteiger charge is 2.09. The molecule has 0 saturated heterocycles. The van der Waals surface area contributed by atoms with Gasteiger partial charge in [0.25, 0.3) is 0 Å². The van der Waals surface area contributed by atoms with E-state index in [0.717, 1.165) is 18.3 Å². The van der Waals surface area contributed by atoms with E-state index in [9.17, 15) is 0 Å². The SMILES string of the molecule is Nc1cccc(NCC2CC=CCC2)n1. The molecule has 2 rings (SSSR count). The van der Waals surface area contributed by atoms with Crippen LogP contribution in [0.1, 0.15) is 19.3 Å². The minimum atomic E-state index is 0.573. The molecule has 1 atom stereocenters. The zero-order valence-corrected chi connectivity index (χ0v) is 8.82. The van der Waals surface area contributed by atoms with Crippen LogP contribution in [0.3, 0.4) is 0 Å². The third kappa shape index (κ3) is 2.98. The smallest absolute Gasteiger partial charge is 0.128 e. The summed E-state index contributed by atoms with van der Waals surface area (Å²) in [5, 5.41) is 3.33. The normalized spacial score (nSPS) is 20.1. The van der Waals surface area contributed by atoms with Gasteiger partial charge in [-0.2, -0.15) is 0 Å². The van der Waals surface area contributed by atoms with Gasteiger partial charge in [0.2, 0.25) is 0 Å². The van der Waals surface area contributed by atoms with Gasteiger partial charge >= 0.3 is 0 Å². The molecule has 0 spiro atoms. The predicted octanol–water partition coefficient (Wildman–Crippen LogP) is 2.43. The van der Waals surface area contributed by atoms with Gasteiger partial charge in [-0.05, 0) is 37.3 Å². The van der Waals surface area contributed by atoms with Crippen molar-refractivity contribution >= 4 is 11.6 Å². The Labute approximate surface area is 90.4 Å². The number of anilines is 2. The van der Waals surface area contributed by atoms with E-state index in [2.05, 4.69) is 22.5 Å². The van der Waals surface area contributed by atoms with Gasteiger partial charge in [0, 0.05) is 6.54 Å². The van der Waals surface area contributed by atoms with E-state index in [1.807, 2.05) is 12.1 Å². The van der Waals surface area contributed by atoms with E-state index >= 15 is 0 Å². The molecule has 1 aliphatic rings. The standard InChI is InChI=1S/C12H17N3/c13-11-7-4-8-12(15-11)14-9-10-5-2-1-3-6-10/h1-2,4,7-8,10H,3,5-6,9H2,(H3,13,14,15). The van der Waals surface area contributed by atoms with E-state index in [4.69, 9.17) is 5.73 Å². The quantitative estimate of drug-likeness (QED) is 0.742. The third-order valence-corrected chi connectivity index (χ3v) is 2.72. The van der Waals surface area contributed by atoms with Crippen molar-refractivity contribution in [2.75, 3.05) is 17.6 Å². The molecule has 0 saturated carbocycles. The molecule has 15 heavy (non-hydrogen) atoms. The topological polar surface area (TPSA) is 50.9 Å². The Morgan fingerprint density at radius 3 is 3.07 bits per heavy atom. The van der Waals surface area contributed by atoms with Gasteiger partial charge in [0.05, 0.1) is 0 Å². The number of pyridine rings is 1. The van der Waals surface area contributed by atoms with Gasteiger partial charge in [0.1, 0.15) is 11.6 Å². The highest BCUT2D eigenvalue weighted by atomic mass is 15.0. The first kappa shape index (κ1) is 10.0. The lowest BCUT2D eigenvalue weighted by atomic mass is 9.94. The molecule has 3 nitrogen and oxygen atoms in total. The molecule has 0 radical (unpaired) electrons. The fraction of sp³-hybridized carbons (Fsp3) is 0.417. The molecule has 1 unspecified atom stereocenters. The molecule has 0 aliphatic heterocycles. The Morgan fingerprint density at radius 2 is 2.33 bits per heavy atom. The summed E-state index contributed by atoms with van der Waals surface area (Å²) in [7, 11) is 0. The zero-order valence-electron chi connectivity index (χ0n) is 8.82. The fourth-order valence-corrected chi connectivity index (χ4v) is 1.84. The maximum atomic E-state index is 5.61. The average Bonchev–Trinajstić information content (AvgIpc) is 2.28. The Morgan fingerprint density at radius 1 is 1.40 bits per heavy atom. The molecule has 0 fully saturated rings. The van der Waals surface area contributed by atoms with Gasteiger partial charge in [0.15, 0.2) is 0 Å². The number of allylic oxidation sites excluding steroid dienone is 2. The van der Waals surface area contributed by atoms with E-state index < -0.39 is 0 Å². The lowest BCUT2D eigenvalue weighted by Gasteiger charge is -2.18. The van der Waals surface area contributed by atoms with Crippen molar-refractivity contribution in [3.63, 3.8) is 0 Å². The molecule has 1 aliphatic carbocycles. The van der Waals surface area contributed by atoms with E-state index in [0.29, 0.717) is 5.82 Å². The number of hydrogen-bond donors (Lipinski definition) is 2. The highest BCUT2D eigenvalue weighted by Crippen LogP contribution is 2.18.